The van der Waals surface area contributed by atoms with Gasteiger partial charge < -0.3 is 15.3 Å². The minimum atomic E-state index is -0.0759. The summed E-state index contributed by atoms with van der Waals surface area (Å²) in [6, 6.07) is 8.00. The van der Waals surface area contributed by atoms with Crippen LogP contribution in [0, 0.1) is 6.92 Å². The number of nitrogens with one attached hydrogen (secondary N) is 1. The minimum Gasteiger partial charge on any atom is -0.394 e. The van der Waals surface area contributed by atoms with Crippen molar-refractivity contribution < 1.29 is 9.90 Å². The Morgan fingerprint density at radius 3 is 3.11 bits per heavy atom. The number of hydrogen-bond acceptors (Lipinski definition) is 2. The zero-order valence-electron chi connectivity index (χ0n) is 10.7. The number of carbonyl (C=O) groups is 1. The lowest BCUT2D eigenvalue weighted by Gasteiger charge is -2.23. The molecule has 4 heteroatoms. The third kappa shape index (κ3) is 3.01. The van der Waals surface area contributed by atoms with Crippen LogP contribution in [0.25, 0.3) is 0 Å². The largest absolute Gasteiger partial charge is 0.394 e. The molecule has 0 bridgehead atoms. The molecule has 0 spiro atoms. The number of benzene rings is 1. The van der Waals surface area contributed by atoms with E-state index in [0.29, 0.717) is 6.54 Å². The molecular formula is C14H20N2O2. The number of aryl methyl sites for hydroxylation is 1. The number of urea groups is 1. The molecule has 2 rings (SSSR count). The summed E-state index contributed by atoms with van der Waals surface area (Å²) < 4.78 is 0. The van der Waals surface area contributed by atoms with Gasteiger partial charge in [-0.2, -0.15) is 0 Å². The third-order valence-corrected chi connectivity index (χ3v) is 3.37. The molecule has 1 heterocycles. The zero-order chi connectivity index (χ0) is 13.0. The molecule has 2 amide bonds. The molecule has 1 unspecified atom stereocenters. The molecule has 0 saturated carbocycles. The van der Waals surface area contributed by atoms with E-state index in [9.17, 15) is 9.90 Å². The maximum Gasteiger partial charge on any atom is 0.317 e. The van der Waals surface area contributed by atoms with Crippen molar-refractivity contribution in [3.63, 3.8) is 0 Å². The molecule has 2 N–H and O–H groups in total. The van der Waals surface area contributed by atoms with Gasteiger partial charge in [0.1, 0.15) is 0 Å². The topological polar surface area (TPSA) is 52.6 Å². The fourth-order valence-electron chi connectivity index (χ4n) is 2.39. The van der Waals surface area contributed by atoms with E-state index in [1.165, 1.54) is 5.56 Å². The highest BCUT2D eigenvalue weighted by Gasteiger charge is 2.27. The molecule has 1 aromatic rings. The molecule has 1 aliphatic heterocycles. The van der Waals surface area contributed by atoms with E-state index in [-0.39, 0.29) is 18.7 Å². The first-order valence-electron chi connectivity index (χ1n) is 6.41. The first-order chi connectivity index (χ1) is 8.70. The van der Waals surface area contributed by atoms with Gasteiger partial charge in [0.25, 0.3) is 0 Å². The summed E-state index contributed by atoms with van der Waals surface area (Å²) in [5.74, 6) is 0. The number of carbonyl (C=O) groups excluding carboxylic acids is 1. The van der Waals surface area contributed by atoms with Crippen LogP contribution < -0.4 is 5.32 Å². The van der Waals surface area contributed by atoms with Crippen LogP contribution in [0.5, 0.6) is 0 Å². The summed E-state index contributed by atoms with van der Waals surface area (Å²) in [5, 5.41) is 12.1. The van der Waals surface area contributed by atoms with Gasteiger partial charge in [0.05, 0.1) is 12.6 Å². The van der Waals surface area contributed by atoms with Crippen LogP contribution in [0.1, 0.15) is 24.0 Å². The quantitative estimate of drug-likeness (QED) is 0.854. The molecule has 1 fully saturated rings. The Morgan fingerprint density at radius 2 is 2.39 bits per heavy atom. The van der Waals surface area contributed by atoms with Crippen LogP contribution >= 0.6 is 0 Å². The normalized spacial score (nSPS) is 19.0. The average molecular weight is 248 g/mol. The summed E-state index contributed by atoms with van der Waals surface area (Å²) in [6.07, 6.45) is 1.87. The summed E-state index contributed by atoms with van der Waals surface area (Å²) >= 11 is 0. The van der Waals surface area contributed by atoms with Gasteiger partial charge in [-0.05, 0) is 25.3 Å². The van der Waals surface area contributed by atoms with Crippen LogP contribution in [0.3, 0.4) is 0 Å². The Morgan fingerprint density at radius 1 is 1.56 bits per heavy atom. The first-order valence-corrected chi connectivity index (χ1v) is 6.41. The van der Waals surface area contributed by atoms with Gasteiger partial charge in [0, 0.05) is 13.1 Å². The van der Waals surface area contributed by atoms with E-state index in [1.807, 2.05) is 25.1 Å². The van der Waals surface area contributed by atoms with Crippen LogP contribution in [0.4, 0.5) is 4.79 Å². The lowest BCUT2D eigenvalue weighted by atomic mass is 10.1. The third-order valence-electron chi connectivity index (χ3n) is 3.37. The Bertz CT molecular complexity index is 420. The van der Waals surface area contributed by atoms with Crippen LogP contribution in [0.15, 0.2) is 24.3 Å². The molecule has 98 valence electrons. The van der Waals surface area contributed by atoms with Crippen molar-refractivity contribution in [2.45, 2.75) is 32.4 Å². The number of likely N-dealkylation sites (tertiary alicyclic amines) is 1. The van der Waals surface area contributed by atoms with E-state index in [2.05, 4.69) is 11.4 Å². The number of amides is 2. The standard InChI is InChI=1S/C14H20N2O2/c1-11-4-2-5-12(8-11)9-15-14(18)16-7-3-6-13(16)10-17/h2,4-5,8,13,17H,3,6-7,9-10H2,1H3,(H,15,18). The number of hydrogen-bond donors (Lipinski definition) is 2. The van der Waals surface area contributed by atoms with Gasteiger partial charge in [-0.25, -0.2) is 4.79 Å². The number of aliphatic hydroxyl groups is 1. The predicted molar refractivity (Wildman–Crippen MR) is 70.2 cm³/mol. The van der Waals surface area contributed by atoms with Crippen molar-refractivity contribution in [3.05, 3.63) is 35.4 Å². The summed E-state index contributed by atoms with van der Waals surface area (Å²) in [5.41, 5.74) is 2.29. The van der Waals surface area contributed by atoms with Gasteiger partial charge in [-0.15, -0.1) is 0 Å². The molecule has 1 aliphatic rings. The zero-order valence-corrected chi connectivity index (χ0v) is 10.7. The van der Waals surface area contributed by atoms with E-state index < -0.39 is 0 Å². The molecule has 1 saturated heterocycles. The second-order valence-corrected chi connectivity index (χ2v) is 4.82. The highest BCUT2D eigenvalue weighted by Crippen LogP contribution is 2.16. The molecule has 1 aromatic carbocycles. The molecular weight excluding hydrogens is 228 g/mol. The molecule has 0 aliphatic carbocycles. The fraction of sp³-hybridized carbons (Fsp3) is 0.500. The Balaban J connectivity index is 1.88. The summed E-state index contributed by atoms with van der Waals surface area (Å²) in [4.78, 5) is 13.7. The van der Waals surface area contributed by atoms with E-state index >= 15 is 0 Å². The molecule has 18 heavy (non-hydrogen) atoms. The maximum absolute atomic E-state index is 12.0. The van der Waals surface area contributed by atoms with Crippen LogP contribution in [-0.4, -0.2) is 35.2 Å². The first kappa shape index (κ1) is 12.9. The molecule has 1 atom stereocenters. The van der Waals surface area contributed by atoms with Gasteiger partial charge in [-0.3, -0.25) is 0 Å². The molecule has 0 aromatic heterocycles. The average Bonchev–Trinajstić information content (AvgIpc) is 2.84. The Kier molecular flexibility index (Phi) is 4.20. The Labute approximate surface area is 108 Å². The predicted octanol–water partition coefficient (Wildman–Crippen LogP) is 1.66. The van der Waals surface area contributed by atoms with E-state index in [0.717, 1.165) is 24.9 Å². The van der Waals surface area contributed by atoms with Crippen LogP contribution in [-0.2, 0) is 6.54 Å². The Hall–Kier alpha value is -1.55. The van der Waals surface area contributed by atoms with Crippen molar-refractivity contribution in [3.8, 4) is 0 Å². The highest BCUT2D eigenvalue weighted by atomic mass is 16.3. The lowest BCUT2D eigenvalue weighted by molar-refractivity contribution is 0.157. The lowest BCUT2D eigenvalue weighted by Crippen LogP contribution is -2.43. The second-order valence-electron chi connectivity index (χ2n) is 4.82. The minimum absolute atomic E-state index is 0.0116. The molecule has 0 radical (unpaired) electrons. The monoisotopic (exact) mass is 248 g/mol. The van der Waals surface area contributed by atoms with Crippen molar-refractivity contribution in [1.29, 1.82) is 0 Å². The van der Waals surface area contributed by atoms with Crippen LogP contribution in [0.2, 0.25) is 0 Å². The van der Waals surface area contributed by atoms with Crippen molar-refractivity contribution in [1.82, 2.24) is 10.2 Å². The second kappa shape index (κ2) is 5.87. The van der Waals surface area contributed by atoms with Gasteiger partial charge in [-0.1, -0.05) is 29.8 Å². The molecule has 4 nitrogen and oxygen atoms in total. The highest BCUT2D eigenvalue weighted by molar-refractivity contribution is 5.74. The number of nitrogens with zero attached hydrogens (tertiary/aromatic N) is 1. The van der Waals surface area contributed by atoms with Crippen molar-refractivity contribution >= 4 is 6.03 Å². The van der Waals surface area contributed by atoms with E-state index in [1.54, 1.807) is 4.90 Å². The van der Waals surface area contributed by atoms with Crippen molar-refractivity contribution in [2.24, 2.45) is 0 Å². The van der Waals surface area contributed by atoms with Crippen molar-refractivity contribution in [2.75, 3.05) is 13.2 Å². The fourth-order valence-corrected chi connectivity index (χ4v) is 2.39. The smallest absolute Gasteiger partial charge is 0.317 e. The van der Waals surface area contributed by atoms with Gasteiger partial charge in [0.15, 0.2) is 0 Å². The summed E-state index contributed by atoms with van der Waals surface area (Å²) in [7, 11) is 0. The maximum atomic E-state index is 12.0. The van der Waals surface area contributed by atoms with E-state index in [4.69, 9.17) is 0 Å². The number of aliphatic hydroxyl groups excluding tert-OH is 1. The SMILES string of the molecule is Cc1cccc(CNC(=O)N2CCCC2CO)c1. The number of rotatable bonds is 3. The van der Waals surface area contributed by atoms with Gasteiger partial charge >= 0.3 is 6.03 Å². The summed E-state index contributed by atoms with van der Waals surface area (Å²) in [6.45, 7) is 3.37. The van der Waals surface area contributed by atoms with Gasteiger partial charge in [0.2, 0.25) is 0 Å².